The second-order valence-electron chi connectivity index (χ2n) is 4.26. The number of carbonyl (C=O) groups is 1. The van der Waals surface area contributed by atoms with Crippen molar-refractivity contribution < 1.29 is 15.0 Å². The number of benzene rings is 1. The van der Waals surface area contributed by atoms with Crippen LogP contribution in [0.2, 0.25) is 5.02 Å². The van der Waals surface area contributed by atoms with Crippen LogP contribution in [0.4, 0.5) is 0 Å². The summed E-state index contributed by atoms with van der Waals surface area (Å²) in [5.74, 6) is -0.582. The van der Waals surface area contributed by atoms with Gasteiger partial charge in [-0.05, 0) is 31.0 Å². The summed E-state index contributed by atoms with van der Waals surface area (Å²) in [6, 6.07) is 4.31. The fourth-order valence-electron chi connectivity index (χ4n) is 1.69. The number of halogens is 1. The lowest BCUT2D eigenvalue weighted by Crippen LogP contribution is -2.50. The molecule has 0 heterocycles. The average Bonchev–Trinajstić information content (AvgIpc) is 2.36. The summed E-state index contributed by atoms with van der Waals surface area (Å²) in [6.07, 6.45) is 1.22. The lowest BCUT2D eigenvalue weighted by molar-refractivity contribution is 0.0815. The minimum atomic E-state index is -0.650. The van der Waals surface area contributed by atoms with Gasteiger partial charge in [0.15, 0.2) is 0 Å². The standard InChI is InChI=1S/C13H18ClNO3/c1-3-13(4-2,8-16)15-12(18)10-6-5-9(14)7-11(10)17/h5-7,16-17H,3-4,8H2,1-2H3,(H,15,18). The summed E-state index contributed by atoms with van der Waals surface area (Å²) in [4.78, 5) is 12.0. The van der Waals surface area contributed by atoms with Crippen molar-refractivity contribution in [3.05, 3.63) is 28.8 Å². The van der Waals surface area contributed by atoms with Gasteiger partial charge >= 0.3 is 0 Å². The Balaban J connectivity index is 2.94. The van der Waals surface area contributed by atoms with Crippen LogP contribution in [-0.4, -0.2) is 28.3 Å². The van der Waals surface area contributed by atoms with Crippen LogP contribution >= 0.6 is 11.6 Å². The quantitative estimate of drug-likeness (QED) is 0.770. The van der Waals surface area contributed by atoms with Crippen LogP contribution in [0.1, 0.15) is 37.0 Å². The Morgan fingerprint density at radius 1 is 1.39 bits per heavy atom. The van der Waals surface area contributed by atoms with Gasteiger partial charge in [-0.15, -0.1) is 0 Å². The summed E-state index contributed by atoms with van der Waals surface area (Å²) in [6.45, 7) is 3.64. The number of amides is 1. The highest BCUT2D eigenvalue weighted by molar-refractivity contribution is 6.30. The number of hydrogen-bond acceptors (Lipinski definition) is 3. The lowest BCUT2D eigenvalue weighted by Gasteiger charge is -2.30. The van der Waals surface area contributed by atoms with E-state index in [2.05, 4.69) is 5.32 Å². The third-order valence-electron chi connectivity index (χ3n) is 3.24. The summed E-state index contributed by atoms with van der Waals surface area (Å²) >= 11 is 5.70. The van der Waals surface area contributed by atoms with E-state index in [1.54, 1.807) is 0 Å². The molecule has 1 aromatic carbocycles. The van der Waals surface area contributed by atoms with Crippen molar-refractivity contribution in [2.75, 3.05) is 6.61 Å². The molecule has 0 aromatic heterocycles. The van der Waals surface area contributed by atoms with E-state index >= 15 is 0 Å². The first-order valence-corrected chi connectivity index (χ1v) is 6.27. The van der Waals surface area contributed by atoms with E-state index in [0.29, 0.717) is 17.9 Å². The van der Waals surface area contributed by atoms with Crippen molar-refractivity contribution in [1.29, 1.82) is 0 Å². The summed E-state index contributed by atoms with van der Waals surface area (Å²) in [5, 5.41) is 22.2. The number of hydrogen-bond donors (Lipinski definition) is 3. The van der Waals surface area contributed by atoms with Crippen molar-refractivity contribution in [1.82, 2.24) is 5.32 Å². The van der Waals surface area contributed by atoms with E-state index in [1.807, 2.05) is 13.8 Å². The number of aliphatic hydroxyl groups is 1. The Morgan fingerprint density at radius 2 is 2.00 bits per heavy atom. The molecule has 1 rings (SSSR count). The van der Waals surface area contributed by atoms with Crippen molar-refractivity contribution in [3.8, 4) is 5.75 Å². The zero-order chi connectivity index (χ0) is 13.8. The Morgan fingerprint density at radius 3 is 2.44 bits per heavy atom. The molecule has 0 radical (unpaired) electrons. The van der Waals surface area contributed by atoms with Crippen LogP contribution in [0.5, 0.6) is 5.75 Å². The van der Waals surface area contributed by atoms with E-state index in [9.17, 15) is 15.0 Å². The normalized spacial score (nSPS) is 11.3. The second-order valence-corrected chi connectivity index (χ2v) is 4.70. The molecule has 0 bridgehead atoms. The molecule has 0 unspecified atom stereocenters. The Kier molecular flexibility index (Phi) is 4.99. The highest BCUT2D eigenvalue weighted by Gasteiger charge is 2.28. The molecule has 5 heteroatoms. The maximum atomic E-state index is 12.0. The summed E-state index contributed by atoms with van der Waals surface area (Å²) in [7, 11) is 0. The van der Waals surface area contributed by atoms with Gasteiger partial charge in [-0.25, -0.2) is 0 Å². The minimum Gasteiger partial charge on any atom is -0.507 e. The predicted octanol–water partition coefficient (Wildman–Crippen LogP) is 2.33. The van der Waals surface area contributed by atoms with Crippen molar-refractivity contribution in [2.45, 2.75) is 32.2 Å². The molecular formula is C13H18ClNO3. The van der Waals surface area contributed by atoms with Crippen LogP contribution in [0, 0.1) is 0 Å². The van der Waals surface area contributed by atoms with Gasteiger partial charge in [0.05, 0.1) is 17.7 Å². The molecule has 4 nitrogen and oxygen atoms in total. The molecule has 0 fully saturated rings. The lowest BCUT2D eigenvalue weighted by atomic mass is 9.93. The van der Waals surface area contributed by atoms with Gasteiger partial charge in [-0.2, -0.15) is 0 Å². The van der Waals surface area contributed by atoms with Crippen LogP contribution in [0.25, 0.3) is 0 Å². The highest BCUT2D eigenvalue weighted by atomic mass is 35.5. The number of phenolic OH excluding ortho intramolecular Hbond substituents is 1. The second kappa shape index (κ2) is 6.07. The van der Waals surface area contributed by atoms with Gasteiger partial charge in [0, 0.05) is 5.02 Å². The van der Waals surface area contributed by atoms with E-state index in [4.69, 9.17) is 11.6 Å². The Labute approximate surface area is 112 Å². The predicted molar refractivity (Wildman–Crippen MR) is 71.0 cm³/mol. The van der Waals surface area contributed by atoms with Gasteiger partial charge in [-0.3, -0.25) is 4.79 Å². The Bertz CT molecular complexity index is 422. The SMILES string of the molecule is CCC(CC)(CO)NC(=O)c1ccc(Cl)cc1O. The van der Waals surface area contributed by atoms with Crippen LogP contribution < -0.4 is 5.32 Å². The molecule has 1 amide bonds. The van der Waals surface area contributed by atoms with Crippen molar-refractivity contribution in [2.24, 2.45) is 0 Å². The highest BCUT2D eigenvalue weighted by Crippen LogP contribution is 2.23. The topological polar surface area (TPSA) is 69.6 Å². The molecule has 0 spiro atoms. The number of aromatic hydroxyl groups is 1. The zero-order valence-electron chi connectivity index (χ0n) is 10.5. The first-order valence-electron chi connectivity index (χ1n) is 5.90. The van der Waals surface area contributed by atoms with E-state index < -0.39 is 11.4 Å². The third kappa shape index (κ3) is 3.15. The third-order valence-corrected chi connectivity index (χ3v) is 3.47. The van der Waals surface area contributed by atoms with Crippen LogP contribution in [0.15, 0.2) is 18.2 Å². The smallest absolute Gasteiger partial charge is 0.255 e. The minimum absolute atomic E-state index is 0.139. The van der Waals surface area contributed by atoms with E-state index in [1.165, 1.54) is 18.2 Å². The molecule has 18 heavy (non-hydrogen) atoms. The number of aliphatic hydroxyl groups excluding tert-OH is 1. The molecule has 1 aromatic rings. The van der Waals surface area contributed by atoms with E-state index in [0.717, 1.165) is 0 Å². The Hall–Kier alpha value is -1.26. The molecule has 0 aliphatic rings. The van der Waals surface area contributed by atoms with Gasteiger partial charge in [0.25, 0.3) is 5.91 Å². The first kappa shape index (κ1) is 14.8. The van der Waals surface area contributed by atoms with E-state index in [-0.39, 0.29) is 17.9 Å². The van der Waals surface area contributed by atoms with Gasteiger partial charge in [-0.1, -0.05) is 25.4 Å². The fraction of sp³-hybridized carbons (Fsp3) is 0.462. The maximum Gasteiger partial charge on any atom is 0.255 e. The van der Waals surface area contributed by atoms with Crippen LogP contribution in [-0.2, 0) is 0 Å². The summed E-state index contributed by atoms with van der Waals surface area (Å²) < 4.78 is 0. The molecule has 0 aliphatic heterocycles. The number of carbonyl (C=O) groups excluding carboxylic acids is 1. The molecule has 100 valence electrons. The first-order chi connectivity index (χ1) is 8.48. The number of rotatable bonds is 5. The fourth-order valence-corrected chi connectivity index (χ4v) is 1.86. The van der Waals surface area contributed by atoms with Gasteiger partial charge < -0.3 is 15.5 Å². The molecule has 3 N–H and O–H groups in total. The number of nitrogens with one attached hydrogen (secondary N) is 1. The molecule has 0 aliphatic carbocycles. The molecular weight excluding hydrogens is 254 g/mol. The monoisotopic (exact) mass is 271 g/mol. The zero-order valence-corrected chi connectivity index (χ0v) is 11.3. The van der Waals surface area contributed by atoms with Gasteiger partial charge in [0.2, 0.25) is 0 Å². The molecule has 0 saturated heterocycles. The number of phenols is 1. The van der Waals surface area contributed by atoms with Crippen molar-refractivity contribution in [3.63, 3.8) is 0 Å². The molecule has 0 saturated carbocycles. The largest absolute Gasteiger partial charge is 0.507 e. The summed E-state index contributed by atoms with van der Waals surface area (Å²) in [5.41, 5.74) is -0.498. The van der Waals surface area contributed by atoms with Crippen LogP contribution in [0.3, 0.4) is 0 Å². The molecule has 0 atom stereocenters. The average molecular weight is 272 g/mol. The van der Waals surface area contributed by atoms with Gasteiger partial charge in [0.1, 0.15) is 5.75 Å². The maximum absolute atomic E-state index is 12.0. The van der Waals surface area contributed by atoms with Crippen molar-refractivity contribution >= 4 is 17.5 Å².